The average Bonchev–Trinajstić information content (AvgIpc) is 2.86. The highest BCUT2D eigenvalue weighted by Crippen LogP contribution is 2.17. The molecule has 124 valence electrons. The molecule has 2 aromatic rings. The lowest BCUT2D eigenvalue weighted by Gasteiger charge is -2.22. The summed E-state index contributed by atoms with van der Waals surface area (Å²) in [5.41, 5.74) is 2.30. The molecular weight excluding hydrogens is 308 g/mol. The highest BCUT2D eigenvalue weighted by atomic mass is 32.1. The quantitative estimate of drug-likeness (QED) is 0.675. The molecule has 0 aliphatic rings. The Morgan fingerprint density at radius 3 is 2.52 bits per heavy atom. The predicted molar refractivity (Wildman–Crippen MR) is 96.2 cm³/mol. The van der Waals surface area contributed by atoms with Crippen LogP contribution in [0.25, 0.3) is 0 Å². The number of rotatable bonds is 5. The van der Waals surface area contributed by atoms with Crippen LogP contribution in [-0.2, 0) is 13.1 Å². The number of guanidine groups is 1. The highest BCUT2D eigenvalue weighted by Gasteiger charge is 2.09. The molecule has 1 N–H and O–H groups in total. The Kier molecular flexibility index (Phi) is 5.98. The first-order valence-electron chi connectivity index (χ1n) is 7.51. The maximum absolute atomic E-state index is 5.19. The number of aromatic nitrogens is 1. The summed E-state index contributed by atoms with van der Waals surface area (Å²) in [7, 11) is 5.51. The van der Waals surface area contributed by atoms with Crippen LogP contribution in [0, 0.1) is 13.8 Å². The second-order valence-corrected chi connectivity index (χ2v) is 6.63. The molecule has 1 aromatic heterocycles. The minimum absolute atomic E-state index is 0.747. The zero-order valence-electron chi connectivity index (χ0n) is 14.4. The average molecular weight is 332 g/mol. The molecule has 0 atom stereocenters. The van der Waals surface area contributed by atoms with Crippen molar-refractivity contribution in [3.8, 4) is 5.75 Å². The van der Waals surface area contributed by atoms with Crippen molar-refractivity contribution in [1.82, 2.24) is 15.2 Å². The Labute approximate surface area is 142 Å². The second kappa shape index (κ2) is 7.97. The third-order valence-electron chi connectivity index (χ3n) is 3.56. The Hall–Kier alpha value is -2.08. The first kappa shape index (κ1) is 17.3. The minimum atomic E-state index is 0.747. The summed E-state index contributed by atoms with van der Waals surface area (Å²) in [6, 6.07) is 8.09. The molecule has 6 heteroatoms. The standard InChI is InChI=1S/C17H24N4OS/c1-12-16(23-13(2)20-12)10-19-17(18-3)21(4)11-14-6-8-15(22-5)9-7-14/h6-9H,10-11H2,1-5H3,(H,18,19). The van der Waals surface area contributed by atoms with Crippen LogP contribution in [0.5, 0.6) is 5.75 Å². The highest BCUT2D eigenvalue weighted by molar-refractivity contribution is 7.11. The second-order valence-electron chi connectivity index (χ2n) is 5.35. The smallest absolute Gasteiger partial charge is 0.193 e. The van der Waals surface area contributed by atoms with Crippen LogP contribution < -0.4 is 10.1 Å². The van der Waals surface area contributed by atoms with Gasteiger partial charge in [0.1, 0.15) is 5.75 Å². The molecule has 0 aliphatic heterocycles. The number of nitrogens with zero attached hydrogens (tertiary/aromatic N) is 3. The zero-order valence-corrected chi connectivity index (χ0v) is 15.2. The van der Waals surface area contributed by atoms with E-state index >= 15 is 0 Å². The molecule has 0 radical (unpaired) electrons. The van der Waals surface area contributed by atoms with Crippen molar-refractivity contribution >= 4 is 17.3 Å². The lowest BCUT2D eigenvalue weighted by atomic mass is 10.2. The van der Waals surface area contributed by atoms with Crippen LogP contribution in [0.2, 0.25) is 0 Å². The van der Waals surface area contributed by atoms with E-state index in [1.807, 2.05) is 33.0 Å². The van der Waals surface area contributed by atoms with Crippen LogP contribution in [-0.4, -0.2) is 37.0 Å². The lowest BCUT2D eigenvalue weighted by molar-refractivity contribution is 0.414. The third kappa shape index (κ3) is 4.69. The van der Waals surface area contributed by atoms with Crippen LogP contribution in [0.15, 0.2) is 29.3 Å². The molecule has 0 aliphatic carbocycles. The van der Waals surface area contributed by atoms with Crippen molar-refractivity contribution < 1.29 is 4.74 Å². The van der Waals surface area contributed by atoms with Crippen LogP contribution in [0.4, 0.5) is 0 Å². The Morgan fingerprint density at radius 2 is 2.00 bits per heavy atom. The Morgan fingerprint density at radius 1 is 1.30 bits per heavy atom. The molecule has 0 saturated carbocycles. The summed E-state index contributed by atoms with van der Waals surface area (Å²) in [6.45, 7) is 5.61. The topological polar surface area (TPSA) is 49.8 Å². The van der Waals surface area contributed by atoms with Crippen molar-refractivity contribution in [2.45, 2.75) is 26.9 Å². The van der Waals surface area contributed by atoms with Crippen molar-refractivity contribution in [2.75, 3.05) is 21.2 Å². The van der Waals surface area contributed by atoms with E-state index in [1.165, 1.54) is 10.4 Å². The van der Waals surface area contributed by atoms with Gasteiger partial charge in [-0.1, -0.05) is 12.1 Å². The van der Waals surface area contributed by atoms with Gasteiger partial charge in [0.2, 0.25) is 0 Å². The summed E-state index contributed by atoms with van der Waals surface area (Å²) in [6.07, 6.45) is 0. The van der Waals surface area contributed by atoms with E-state index < -0.39 is 0 Å². The van der Waals surface area contributed by atoms with Gasteiger partial charge in [0.25, 0.3) is 0 Å². The number of benzene rings is 1. The van der Waals surface area contributed by atoms with Gasteiger partial charge in [-0.25, -0.2) is 4.98 Å². The fraction of sp³-hybridized carbons (Fsp3) is 0.412. The monoisotopic (exact) mass is 332 g/mol. The van der Waals surface area contributed by atoms with Gasteiger partial charge in [0, 0.05) is 25.5 Å². The molecule has 23 heavy (non-hydrogen) atoms. The molecule has 0 amide bonds. The number of ether oxygens (including phenoxy) is 1. The van der Waals surface area contributed by atoms with E-state index in [0.717, 1.165) is 35.5 Å². The predicted octanol–water partition coefficient (Wildman–Crippen LogP) is 2.98. The van der Waals surface area contributed by atoms with Gasteiger partial charge in [0.15, 0.2) is 5.96 Å². The molecule has 0 unspecified atom stereocenters. The number of thiazole rings is 1. The Bertz CT molecular complexity index is 664. The molecule has 1 aromatic carbocycles. The van der Waals surface area contributed by atoms with E-state index in [4.69, 9.17) is 4.74 Å². The number of hydrogen-bond donors (Lipinski definition) is 1. The number of aryl methyl sites for hydroxylation is 2. The van der Waals surface area contributed by atoms with Crippen molar-refractivity contribution in [3.63, 3.8) is 0 Å². The van der Waals surface area contributed by atoms with Gasteiger partial charge in [-0.3, -0.25) is 4.99 Å². The molecule has 0 spiro atoms. The van der Waals surface area contributed by atoms with Crippen molar-refractivity contribution in [2.24, 2.45) is 4.99 Å². The summed E-state index contributed by atoms with van der Waals surface area (Å²) < 4.78 is 5.19. The van der Waals surface area contributed by atoms with Crippen molar-refractivity contribution in [3.05, 3.63) is 45.4 Å². The molecule has 0 saturated heterocycles. The minimum Gasteiger partial charge on any atom is -0.497 e. The van der Waals surface area contributed by atoms with Crippen LogP contribution in [0.1, 0.15) is 21.1 Å². The number of aliphatic imine (C=N–C) groups is 1. The van der Waals surface area contributed by atoms with Crippen molar-refractivity contribution in [1.29, 1.82) is 0 Å². The molecule has 0 fully saturated rings. The van der Waals surface area contributed by atoms with Gasteiger partial charge in [-0.05, 0) is 31.5 Å². The molecule has 0 bridgehead atoms. The molecule has 1 heterocycles. The van der Waals surface area contributed by atoms with Crippen LogP contribution >= 0.6 is 11.3 Å². The summed E-state index contributed by atoms with van der Waals surface area (Å²) >= 11 is 1.73. The van der Waals surface area contributed by atoms with E-state index in [1.54, 1.807) is 25.5 Å². The third-order valence-corrected chi connectivity index (χ3v) is 4.63. The zero-order chi connectivity index (χ0) is 16.8. The Balaban J connectivity index is 1.95. The van der Waals surface area contributed by atoms with E-state index in [2.05, 4.69) is 32.3 Å². The van der Waals surface area contributed by atoms with Gasteiger partial charge in [0.05, 0.1) is 24.4 Å². The van der Waals surface area contributed by atoms with Gasteiger partial charge < -0.3 is 15.0 Å². The SMILES string of the molecule is CN=C(NCc1sc(C)nc1C)N(C)Cc1ccc(OC)cc1. The van der Waals surface area contributed by atoms with Gasteiger partial charge >= 0.3 is 0 Å². The summed E-state index contributed by atoms with van der Waals surface area (Å²) in [5, 5.41) is 4.50. The maximum atomic E-state index is 5.19. The molecular formula is C17H24N4OS. The number of nitrogens with one attached hydrogen (secondary N) is 1. The first-order valence-corrected chi connectivity index (χ1v) is 8.32. The first-order chi connectivity index (χ1) is 11.0. The van der Waals surface area contributed by atoms with Crippen LogP contribution in [0.3, 0.4) is 0 Å². The fourth-order valence-corrected chi connectivity index (χ4v) is 3.24. The van der Waals surface area contributed by atoms with Gasteiger partial charge in [-0.15, -0.1) is 11.3 Å². The molecule has 5 nitrogen and oxygen atoms in total. The van der Waals surface area contributed by atoms with Gasteiger partial charge in [-0.2, -0.15) is 0 Å². The van der Waals surface area contributed by atoms with E-state index in [9.17, 15) is 0 Å². The lowest BCUT2D eigenvalue weighted by Crippen LogP contribution is -2.38. The molecule has 2 rings (SSSR count). The van der Waals surface area contributed by atoms with E-state index in [0.29, 0.717) is 0 Å². The maximum Gasteiger partial charge on any atom is 0.193 e. The largest absolute Gasteiger partial charge is 0.497 e. The normalized spacial score (nSPS) is 11.4. The summed E-state index contributed by atoms with van der Waals surface area (Å²) in [5.74, 6) is 1.74. The number of methoxy groups -OCH3 is 1. The number of hydrogen-bond acceptors (Lipinski definition) is 4. The van der Waals surface area contributed by atoms with E-state index in [-0.39, 0.29) is 0 Å². The fourth-order valence-electron chi connectivity index (χ4n) is 2.36. The summed E-state index contributed by atoms with van der Waals surface area (Å²) in [4.78, 5) is 12.2.